The maximum Gasteiger partial charge on any atom is 0.327 e. The van der Waals surface area contributed by atoms with Crippen LogP contribution in [-0.2, 0) is 9.53 Å². The number of hydrogen-bond donors (Lipinski definition) is 1. The van der Waals surface area contributed by atoms with Gasteiger partial charge in [-0.15, -0.1) is 0 Å². The van der Waals surface area contributed by atoms with Gasteiger partial charge in [0, 0.05) is 5.56 Å². The molecule has 21 heavy (non-hydrogen) atoms. The summed E-state index contributed by atoms with van der Waals surface area (Å²) in [6, 6.07) is 11.3. The van der Waals surface area contributed by atoms with Crippen LogP contribution < -0.4 is 10.1 Å². The van der Waals surface area contributed by atoms with Crippen molar-refractivity contribution in [2.45, 2.75) is 19.4 Å². The summed E-state index contributed by atoms with van der Waals surface area (Å²) >= 11 is 0. The second kappa shape index (κ2) is 7.09. The van der Waals surface area contributed by atoms with Crippen LogP contribution in [0.15, 0.2) is 36.4 Å². The minimum Gasteiger partial charge on any atom is -0.496 e. The van der Waals surface area contributed by atoms with E-state index in [1.54, 1.807) is 7.11 Å². The summed E-state index contributed by atoms with van der Waals surface area (Å²) in [5.74, 6) is 0.380. The highest BCUT2D eigenvalue weighted by Gasteiger charge is 2.26. The molecule has 1 N–H and O–H groups in total. The average Bonchev–Trinajstić information content (AvgIpc) is 2.54. The number of benzene rings is 2. The smallest absolute Gasteiger partial charge is 0.327 e. The molecular formula is C17H21NO3. The van der Waals surface area contributed by atoms with Crippen molar-refractivity contribution in [3.05, 3.63) is 42.0 Å². The lowest BCUT2D eigenvalue weighted by molar-refractivity contribution is -0.143. The van der Waals surface area contributed by atoms with Crippen LogP contribution >= 0.6 is 0 Å². The summed E-state index contributed by atoms with van der Waals surface area (Å²) < 4.78 is 10.4. The quantitative estimate of drug-likeness (QED) is 0.830. The lowest BCUT2D eigenvalue weighted by Gasteiger charge is -2.21. The van der Waals surface area contributed by atoms with Crippen molar-refractivity contribution in [2.75, 3.05) is 20.8 Å². The molecule has 2 rings (SSSR count). The third kappa shape index (κ3) is 3.16. The van der Waals surface area contributed by atoms with Crippen LogP contribution in [0.2, 0.25) is 0 Å². The Balaban J connectivity index is 2.60. The summed E-state index contributed by atoms with van der Waals surface area (Å²) in [5.41, 5.74) is 0.830. The SMILES string of the molecule is CCCNC(C(=O)OC)c1c(OC)ccc2ccccc12. The molecule has 0 radical (unpaired) electrons. The van der Waals surface area contributed by atoms with Gasteiger partial charge in [-0.3, -0.25) is 0 Å². The third-order valence-electron chi connectivity index (χ3n) is 3.47. The minimum atomic E-state index is -0.531. The van der Waals surface area contributed by atoms with Crippen LogP contribution in [0.1, 0.15) is 24.9 Å². The van der Waals surface area contributed by atoms with Gasteiger partial charge in [0.25, 0.3) is 0 Å². The summed E-state index contributed by atoms with van der Waals surface area (Å²) in [6.45, 7) is 2.79. The zero-order valence-electron chi connectivity index (χ0n) is 12.7. The number of methoxy groups -OCH3 is 2. The number of esters is 1. The fraction of sp³-hybridized carbons (Fsp3) is 0.353. The number of ether oxygens (including phenoxy) is 2. The number of hydrogen-bond acceptors (Lipinski definition) is 4. The van der Waals surface area contributed by atoms with E-state index >= 15 is 0 Å². The molecule has 4 heteroatoms. The zero-order chi connectivity index (χ0) is 15.2. The van der Waals surface area contributed by atoms with Crippen molar-refractivity contribution in [3.8, 4) is 5.75 Å². The van der Waals surface area contributed by atoms with E-state index in [1.165, 1.54) is 7.11 Å². The molecule has 1 atom stereocenters. The minimum absolute atomic E-state index is 0.307. The van der Waals surface area contributed by atoms with Gasteiger partial charge in [-0.1, -0.05) is 37.3 Å². The molecule has 112 valence electrons. The Morgan fingerprint density at radius 1 is 1.19 bits per heavy atom. The van der Waals surface area contributed by atoms with E-state index in [0.717, 1.165) is 29.3 Å². The molecular weight excluding hydrogens is 266 g/mol. The van der Waals surface area contributed by atoms with Gasteiger partial charge in [0.2, 0.25) is 0 Å². The monoisotopic (exact) mass is 287 g/mol. The first-order valence-corrected chi connectivity index (χ1v) is 7.09. The van der Waals surface area contributed by atoms with Gasteiger partial charge in [0.15, 0.2) is 0 Å². The molecule has 0 aliphatic carbocycles. The summed E-state index contributed by atoms with van der Waals surface area (Å²) in [7, 11) is 3.02. The Morgan fingerprint density at radius 3 is 2.62 bits per heavy atom. The molecule has 0 spiro atoms. The topological polar surface area (TPSA) is 47.6 Å². The molecule has 1 unspecified atom stereocenters. The number of carbonyl (C=O) groups excluding carboxylic acids is 1. The van der Waals surface area contributed by atoms with Crippen LogP contribution in [-0.4, -0.2) is 26.7 Å². The maximum absolute atomic E-state index is 12.2. The van der Waals surface area contributed by atoms with Gasteiger partial charge >= 0.3 is 5.97 Å². The molecule has 2 aromatic carbocycles. The largest absolute Gasteiger partial charge is 0.496 e. The molecule has 2 aromatic rings. The van der Waals surface area contributed by atoms with E-state index in [1.807, 2.05) is 36.4 Å². The second-order valence-electron chi connectivity index (χ2n) is 4.81. The molecule has 0 saturated carbocycles. The highest BCUT2D eigenvalue weighted by atomic mass is 16.5. The third-order valence-corrected chi connectivity index (χ3v) is 3.47. The van der Waals surface area contributed by atoms with Crippen molar-refractivity contribution in [2.24, 2.45) is 0 Å². The maximum atomic E-state index is 12.2. The molecule has 4 nitrogen and oxygen atoms in total. The normalized spacial score (nSPS) is 12.1. The van der Waals surface area contributed by atoms with Gasteiger partial charge in [-0.2, -0.15) is 0 Å². The van der Waals surface area contributed by atoms with Crippen molar-refractivity contribution >= 4 is 16.7 Å². The zero-order valence-corrected chi connectivity index (χ0v) is 12.7. The van der Waals surface area contributed by atoms with Gasteiger partial charge in [0.05, 0.1) is 14.2 Å². The first-order valence-electron chi connectivity index (χ1n) is 7.09. The van der Waals surface area contributed by atoms with Gasteiger partial charge in [0.1, 0.15) is 11.8 Å². The predicted octanol–water partition coefficient (Wildman–Crippen LogP) is 3.06. The Bertz CT molecular complexity index is 624. The Kier molecular flexibility index (Phi) is 5.17. The van der Waals surface area contributed by atoms with E-state index in [-0.39, 0.29) is 5.97 Å². The molecule has 0 bridgehead atoms. The fourth-order valence-electron chi connectivity index (χ4n) is 2.46. The highest BCUT2D eigenvalue weighted by Crippen LogP contribution is 2.33. The molecule has 0 saturated heterocycles. The molecule has 0 aliphatic rings. The molecule has 0 fully saturated rings. The standard InChI is InChI=1S/C17H21NO3/c1-4-11-18-16(17(19)21-3)15-13-8-6-5-7-12(13)9-10-14(15)20-2/h5-10,16,18H,4,11H2,1-3H3. The second-order valence-corrected chi connectivity index (χ2v) is 4.81. The summed E-state index contributed by atoms with van der Waals surface area (Å²) in [6.07, 6.45) is 0.931. The number of rotatable bonds is 6. The average molecular weight is 287 g/mol. The Morgan fingerprint density at radius 2 is 1.95 bits per heavy atom. The Hall–Kier alpha value is -2.07. The summed E-state index contributed by atoms with van der Waals surface area (Å²) in [5, 5.41) is 5.31. The lowest BCUT2D eigenvalue weighted by Crippen LogP contribution is -2.30. The molecule has 0 amide bonds. The van der Waals surface area contributed by atoms with Crippen molar-refractivity contribution < 1.29 is 14.3 Å². The van der Waals surface area contributed by atoms with Crippen molar-refractivity contribution in [1.29, 1.82) is 0 Å². The number of nitrogens with one attached hydrogen (secondary N) is 1. The van der Waals surface area contributed by atoms with Gasteiger partial charge in [-0.25, -0.2) is 4.79 Å². The van der Waals surface area contributed by atoms with Crippen LogP contribution in [0.4, 0.5) is 0 Å². The molecule has 0 aliphatic heterocycles. The molecule has 0 heterocycles. The van der Waals surface area contributed by atoms with Gasteiger partial charge in [-0.05, 0) is 29.8 Å². The van der Waals surface area contributed by atoms with E-state index in [0.29, 0.717) is 5.75 Å². The van der Waals surface area contributed by atoms with Crippen molar-refractivity contribution in [3.63, 3.8) is 0 Å². The van der Waals surface area contributed by atoms with E-state index in [4.69, 9.17) is 9.47 Å². The van der Waals surface area contributed by atoms with Crippen LogP contribution in [0.3, 0.4) is 0 Å². The van der Waals surface area contributed by atoms with E-state index in [9.17, 15) is 4.79 Å². The highest BCUT2D eigenvalue weighted by molar-refractivity contribution is 5.93. The number of fused-ring (bicyclic) bond motifs is 1. The van der Waals surface area contributed by atoms with E-state index < -0.39 is 6.04 Å². The van der Waals surface area contributed by atoms with Crippen LogP contribution in [0, 0.1) is 0 Å². The predicted molar refractivity (Wildman–Crippen MR) is 83.6 cm³/mol. The van der Waals surface area contributed by atoms with Crippen LogP contribution in [0.25, 0.3) is 10.8 Å². The van der Waals surface area contributed by atoms with Crippen LogP contribution in [0.5, 0.6) is 5.75 Å². The number of carbonyl (C=O) groups is 1. The Labute approximate surface area is 125 Å². The van der Waals surface area contributed by atoms with E-state index in [2.05, 4.69) is 12.2 Å². The van der Waals surface area contributed by atoms with Crippen molar-refractivity contribution in [1.82, 2.24) is 5.32 Å². The molecule has 0 aromatic heterocycles. The first-order chi connectivity index (χ1) is 10.2. The first kappa shape index (κ1) is 15.3. The van der Waals surface area contributed by atoms with Gasteiger partial charge < -0.3 is 14.8 Å². The fourth-order valence-corrected chi connectivity index (χ4v) is 2.46. The summed E-state index contributed by atoms with van der Waals surface area (Å²) in [4.78, 5) is 12.2. The lowest BCUT2D eigenvalue weighted by atomic mass is 9.97.